The van der Waals surface area contributed by atoms with E-state index in [4.69, 9.17) is 0 Å². The largest absolute Gasteiger partial charge is 0.161 e. The van der Waals surface area contributed by atoms with Crippen molar-refractivity contribution in [3.05, 3.63) is 0 Å². The summed E-state index contributed by atoms with van der Waals surface area (Å²) in [6.45, 7) is 2.28. The lowest BCUT2D eigenvalue weighted by molar-refractivity contribution is 0.930. The van der Waals surface area contributed by atoms with Crippen molar-refractivity contribution in [3.8, 4) is 0 Å². The summed E-state index contributed by atoms with van der Waals surface area (Å²) in [5.74, 6) is 12.2. The molecule has 22 heavy (non-hydrogen) atoms. The molecule has 2 aliphatic rings. The topological polar surface area (TPSA) is 0 Å². The minimum absolute atomic E-state index is 0.873. The van der Waals surface area contributed by atoms with Crippen molar-refractivity contribution in [2.24, 2.45) is 0 Å². The molecule has 8 heteroatoms. The van der Waals surface area contributed by atoms with E-state index in [9.17, 15) is 0 Å². The molecule has 0 aromatic carbocycles. The van der Waals surface area contributed by atoms with Gasteiger partial charge in [-0.3, -0.25) is 0 Å². The van der Waals surface area contributed by atoms with Crippen molar-refractivity contribution in [1.82, 2.24) is 0 Å². The van der Waals surface area contributed by atoms with Crippen molar-refractivity contribution >= 4 is 90.2 Å². The summed E-state index contributed by atoms with van der Waals surface area (Å²) in [7, 11) is 8.40. The van der Waals surface area contributed by atoms with Crippen LogP contribution in [0.3, 0.4) is 0 Å². The van der Waals surface area contributed by atoms with Crippen LogP contribution in [0.15, 0.2) is 0 Å². The summed E-state index contributed by atoms with van der Waals surface area (Å²) in [6, 6.07) is 0. The van der Waals surface area contributed by atoms with Gasteiger partial charge in [-0.1, -0.05) is 50.1 Å². The van der Waals surface area contributed by atoms with Crippen LogP contribution in [0.1, 0.15) is 13.3 Å². The molecule has 0 radical (unpaired) electrons. The minimum atomic E-state index is 0.873. The van der Waals surface area contributed by atoms with E-state index in [0.717, 1.165) is 15.7 Å². The maximum atomic E-state index is 2.28. The van der Waals surface area contributed by atoms with Crippen LogP contribution < -0.4 is 0 Å². The van der Waals surface area contributed by atoms with Crippen molar-refractivity contribution < 1.29 is 0 Å². The van der Waals surface area contributed by atoms with Gasteiger partial charge in [-0.15, -0.1) is 0 Å². The first-order chi connectivity index (χ1) is 10.9. The maximum absolute atomic E-state index is 2.28. The Hall–Kier alpha value is 2.80. The Bertz CT molecular complexity index is 270. The SMILES string of the molecule is CCSCC(CCSSCC1CS1)SCCSSCC1CS1. The standard InChI is InChI=1S/C14H26S8/c1-2-15-7-12(3-4-19-21-10-13-8-17-13)16-5-6-20-22-11-14-9-18-14/h12-14H,2-11H2,1H3. The molecule has 130 valence electrons. The Labute approximate surface area is 169 Å². The predicted octanol–water partition coefficient (Wildman–Crippen LogP) is 6.23. The third-order valence-corrected chi connectivity index (χ3v) is 13.2. The molecule has 2 aliphatic heterocycles. The third kappa shape index (κ3) is 12.2. The molecular weight excluding hydrogens is 425 g/mol. The van der Waals surface area contributed by atoms with Gasteiger partial charge < -0.3 is 0 Å². The molecule has 2 saturated heterocycles. The lowest BCUT2D eigenvalue weighted by atomic mass is 10.4. The lowest BCUT2D eigenvalue weighted by Gasteiger charge is -2.15. The first-order valence-electron chi connectivity index (χ1n) is 7.80. The van der Waals surface area contributed by atoms with Crippen LogP contribution in [0.25, 0.3) is 0 Å². The van der Waals surface area contributed by atoms with Gasteiger partial charge in [0.05, 0.1) is 0 Å². The smallest absolute Gasteiger partial charge is 0.0237 e. The number of hydrogen-bond donors (Lipinski definition) is 0. The van der Waals surface area contributed by atoms with Crippen LogP contribution in [0.4, 0.5) is 0 Å². The van der Waals surface area contributed by atoms with E-state index in [2.05, 4.69) is 97.1 Å². The molecule has 2 fully saturated rings. The molecule has 0 nitrogen and oxygen atoms in total. The van der Waals surface area contributed by atoms with Crippen molar-refractivity contribution in [2.75, 3.05) is 51.8 Å². The van der Waals surface area contributed by atoms with Gasteiger partial charge in [-0.05, 0) is 12.2 Å². The highest BCUT2D eigenvalue weighted by Crippen LogP contribution is 2.38. The van der Waals surface area contributed by atoms with Gasteiger partial charge in [0.2, 0.25) is 0 Å². The van der Waals surface area contributed by atoms with Crippen molar-refractivity contribution in [2.45, 2.75) is 29.1 Å². The van der Waals surface area contributed by atoms with Crippen LogP contribution in [-0.2, 0) is 0 Å². The Balaban J connectivity index is 1.42. The second kappa shape index (κ2) is 13.9. The van der Waals surface area contributed by atoms with E-state index in [1.807, 2.05) is 0 Å². The molecule has 0 saturated carbocycles. The fraction of sp³-hybridized carbons (Fsp3) is 1.00. The monoisotopic (exact) mass is 450 g/mol. The third-order valence-electron chi connectivity index (χ3n) is 3.03. The zero-order chi connectivity index (χ0) is 15.5. The van der Waals surface area contributed by atoms with Gasteiger partial charge in [-0.2, -0.15) is 47.0 Å². The van der Waals surface area contributed by atoms with Gasteiger partial charge in [0.15, 0.2) is 0 Å². The Morgan fingerprint density at radius 2 is 1.55 bits per heavy atom. The van der Waals surface area contributed by atoms with E-state index < -0.39 is 0 Å². The summed E-state index contributed by atoms with van der Waals surface area (Å²) < 4.78 is 0. The number of thioether (sulfide) groups is 4. The van der Waals surface area contributed by atoms with Gasteiger partial charge >= 0.3 is 0 Å². The highest BCUT2D eigenvalue weighted by molar-refractivity contribution is 8.77. The van der Waals surface area contributed by atoms with Gasteiger partial charge in [0, 0.05) is 61.8 Å². The first-order valence-corrected chi connectivity index (χ1v) is 17.1. The van der Waals surface area contributed by atoms with Crippen molar-refractivity contribution in [1.29, 1.82) is 0 Å². The van der Waals surface area contributed by atoms with Crippen LogP contribution >= 0.6 is 90.2 Å². The summed E-state index contributed by atoms with van der Waals surface area (Å²) in [5, 5.41) is 2.85. The molecular formula is C14H26S8. The van der Waals surface area contributed by atoms with E-state index >= 15 is 0 Å². The fourth-order valence-corrected chi connectivity index (χ4v) is 11.4. The number of rotatable bonds is 16. The van der Waals surface area contributed by atoms with E-state index in [1.54, 1.807) is 0 Å². The predicted molar refractivity (Wildman–Crippen MR) is 126 cm³/mol. The van der Waals surface area contributed by atoms with E-state index in [1.165, 1.54) is 58.2 Å². The molecule has 2 heterocycles. The highest BCUT2D eigenvalue weighted by Gasteiger charge is 2.22. The Kier molecular flexibility index (Phi) is 13.4. The summed E-state index contributed by atoms with van der Waals surface area (Å²) in [6.07, 6.45) is 1.39. The summed E-state index contributed by atoms with van der Waals surface area (Å²) >= 11 is 8.58. The second-order valence-electron chi connectivity index (χ2n) is 5.06. The van der Waals surface area contributed by atoms with Gasteiger partial charge in [-0.25, -0.2) is 0 Å². The molecule has 0 amide bonds. The lowest BCUT2D eigenvalue weighted by Crippen LogP contribution is -2.09. The molecule has 2 rings (SSSR count). The average Bonchev–Trinajstić information content (AvgIpc) is 3.41. The molecule has 0 aliphatic carbocycles. The number of hydrogen-bond acceptors (Lipinski definition) is 8. The van der Waals surface area contributed by atoms with E-state index in [-0.39, 0.29) is 0 Å². The summed E-state index contributed by atoms with van der Waals surface area (Å²) in [4.78, 5) is 0. The zero-order valence-electron chi connectivity index (χ0n) is 13.1. The molecule has 3 unspecified atom stereocenters. The van der Waals surface area contributed by atoms with Gasteiger partial charge in [0.25, 0.3) is 0 Å². The molecule has 0 N–H and O–H groups in total. The molecule has 0 spiro atoms. The highest BCUT2D eigenvalue weighted by atomic mass is 33.1. The van der Waals surface area contributed by atoms with Crippen LogP contribution in [0, 0.1) is 0 Å². The second-order valence-corrected chi connectivity index (χ2v) is 15.7. The summed E-state index contributed by atoms with van der Waals surface area (Å²) in [5.41, 5.74) is 0. The van der Waals surface area contributed by atoms with E-state index in [0.29, 0.717) is 0 Å². The normalized spacial score (nSPS) is 24.4. The quantitative estimate of drug-likeness (QED) is 0.152. The Morgan fingerprint density at radius 3 is 2.14 bits per heavy atom. The van der Waals surface area contributed by atoms with Crippen LogP contribution in [0.2, 0.25) is 0 Å². The van der Waals surface area contributed by atoms with Crippen LogP contribution in [-0.4, -0.2) is 67.5 Å². The Morgan fingerprint density at radius 1 is 0.909 bits per heavy atom. The van der Waals surface area contributed by atoms with Crippen LogP contribution in [0.5, 0.6) is 0 Å². The maximum Gasteiger partial charge on any atom is 0.0237 e. The molecule has 0 bridgehead atoms. The zero-order valence-corrected chi connectivity index (χ0v) is 19.6. The molecule has 0 aromatic rings. The minimum Gasteiger partial charge on any atom is -0.161 e. The fourth-order valence-electron chi connectivity index (χ4n) is 1.59. The van der Waals surface area contributed by atoms with Crippen molar-refractivity contribution in [3.63, 3.8) is 0 Å². The first kappa shape index (κ1) is 21.1. The van der Waals surface area contributed by atoms with Gasteiger partial charge in [0.1, 0.15) is 0 Å². The molecule has 0 aromatic heterocycles. The average molecular weight is 451 g/mol. The molecule has 3 atom stereocenters.